The third kappa shape index (κ3) is 45.8. The molecule has 0 spiro atoms. The number of hydrogen-bond acceptors (Lipinski definition) is 5. The number of rotatable bonds is 45. The lowest BCUT2D eigenvalue weighted by Gasteiger charge is -2.18. The average Bonchev–Trinajstić information content (AvgIpc) is 3.13. The van der Waals surface area contributed by atoms with Crippen molar-refractivity contribution in [2.24, 2.45) is 0 Å². The van der Waals surface area contributed by atoms with Gasteiger partial charge in [-0.2, -0.15) is 0 Å². The maximum atomic E-state index is 12.4. The van der Waals surface area contributed by atoms with Gasteiger partial charge < -0.3 is 19.3 Å². The Morgan fingerprint density at radius 1 is 0.434 bits per heavy atom. The summed E-state index contributed by atoms with van der Waals surface area (Å²) < 4.78 is 27.1. The quantitative estimate of drug-likeness (QED) is 0.0361. The molecule has 0 aliphatic heterocycles. The highest BCUT2D eigenvalue weighted by Crippen LogP contribution is 2.36. The minimum absolute atomic E-state index is 0.0869. The Morgan fingerprint density at radius 2 is 0.717 bits per heavy atom. The number of hydrogen-bond donors (Lipinski definition) is 2. The van der Waals surface area contributed by atoms with Crippen molar-refractivity contribution in [1.29, 1.82) is 0 Å². The molecule has 0 fully saturated rings. The summed E-state index contributed by atoms with van der Waals surface area (Å²) in [5.41, 5.74) is 0. The molecule has 0 amide bonds. The zero-order chi connectivity index (χ0) is 38.8. The van der Waals surface area contributed by atoms with E-state index < -0.39 is 13.9 Å². The lowest BCUT2D eigenvalue weighted by molar-refractivity contribution is -0.154. The van der Waals surface area contributed by atoms with Crippen LogP contribution in [0.1, 0.15) is 258 Å². The summed E-state index contributed by atoms with van der Waals surface area (Å²) in [4.78, 5) is 30.7. The summed E-state index contributed by atoms with van der Waals surface area (Å²) in [7, 11) is -4.65. The van der Waals surface area contributed by atoms with Gasteiger partial charge in [0, 0.05) is 13.0 Å². The smallest absolute Gasteiger partial charge is 0.457 e. The fourth-order valence-corrected chi connectivity index (χ4v) is 7.57. The number of carbonyl (C=O) groups excluding carboxylic acids is 1. The molecule has 0 heterocycles. The molecule has 0 bridgehead atoms. The van der Waals surface area contributed by atoms with E-state index in [1.807, 2.05) is 0 Å². The van der Waals surface area contributed by atoms with E-state index in [0.717, 1.165) is 32.1 Å². The van der Waals surface area contributed by atoms with Crippen molar-refractivity contribution in [1.82, 2.24) is 0 Å². The molecule has 0 unspecified atom stereocenters. The van der Waals surface area contributed by atoms with Crippen LogP contribution < -0.4 is 0 Å². The molecule has 0 rings (SSSR count). The third-order valence-electron chi connectivity index (χ3n) is 10.7. The minimum atomic E-state index is -4.65. The van der Waals surface area contributed by atoms with Crippen molar-refractivity contribution >= 4 is 13.8 Å². The van der Waals surface area contributed by atoms with Gasteiger partial charge in [0.25, 0.3) is 0 Å². The summed E-state index contributed by atoms with van der Waals surface area (Å²) in [5, 5.41) is 0. The van der Waals surface area contributed by atoms with Gasteiger partial charge in [0.2, 0.25) is 0 Å². The molecule has 0 aromatic rings. The second kappa shape index (κ2) is 42.7. The Hall–Kier alpha value is -0.460. The van der Waals surface area contributed by atoms with Gasteiger partial charge >= 0.3 is 13.8 Å². The van der Waals surface area contributed by atoms with E-state index in [9.17, 15) is 9.36 Å². The molecule has 0 saturated heterocycles. The van der Waals surface area contributed by atoms with Gasteiger partial charge in [-0.1, -0.05) is 239 Å². The predicted octanol–water partition coefficient (Wildman–Crippen LogP) is 14.9. The van der Waals surface area contributed by atoms with Crippen molar-refractivity contribution in [2.75, 3.05) is 19.8 Å². The van der Waals surface area contributed by atoms with Gasteiger partial charge in [0.15, 0.2) is 0 Å². The topological polar surface area (TPSA) is 102 Å². The van der Waals surface area contributed by atoms with Crippen molar-refractivity contribution in [3.05, 3.63) is 0 Å². The molecule has 1 atom stereocenters. The maximum Gasteiger partial charge on any atom is 0.469 e. The van der Waals surface area contributed by atoms with Gasteiger partial charge in [-0.3, -0.25) is 9.32 Å². The van der Waals surface area contributed by atoms with Crippen LogP contribution in [0.2, 0.25) is 0 Å². The minimum Gasteiger partial charge on any atom is -0.457 e. The van der Waals surface area contributed by atoms with Crippen LogP contribution in [0.15, 0.2) is 0 Å². The molecule has 0 radical (unpaired) electrons. The number of carbonyl (C=O) groups is 1. The van der Waals surface area contributed by atoms with Crippen LogP contribution in [-0.2, 0) is 23.4 Å². The van der Waals surface area contributed by atoms with Crippen LogP contribution in [0.4, 0.5) is 0 Å². The lowest BCUT2D eigenvalue weighted by atomic mass is 10.0. The van der Waals surface area contributed by atoms with Crippen molar-refractivity contribution in [3.8, 4) is 0 Å². The number of phosphoric acid groups is 1. The Morgan fingerprint density at radius 3 is 1.02 bits per heavy atom. The van der Waals surface area contributed by atoms with Crippen LogP contribution in [0.25, 0.3) is 0 Å². The summed E-state index contributed by atoms with van der Waals surface area (Å²) in [6, 6.07) is 0. The van der Waals surface area contributed by atoms with Crippen molar-refractivity contribution in [2.45, 2.75) is 264 Å². The monoisotopic (exact) mass is 775 g/mol. The third-order valence-corrected chi connectivity index (χ3v) is 11.1. The van der Waals surface area contributed by atoms with E-state index >= 15 is 0 Å². The van der Waals surface area contributed by atoms with E-state index in [1.54, 1.807) is 0 Å². The van der Waals surface area contributed by atoms with Crippen molar-refractivity contribution < 1.29 is 33.1 Å². The molecule has 7 nitrogen and oxygen atoms in total. The van der Waals surface area contributed by atoms with Crippen molar-refractivity contribution in [3.63, 3.8) is 0 Å². The molecular weight excluding hydrogens is 683 g/mol. The molecule has 8 heteroatoms. The van der Waals surface area contributed by atoms with E-state index in [2.05, 4.69) is 18.4 Å². The average molecular weight is 775 g/mol. The van der Waals surface area contributed by atoms with Gasteiger partial charge in [-0.15, -0.1) is 0 Å². The largest absolute Gasteiger partial charge is 0.469 e. The molecular formula is C45H91O7P. The summed E-state index contributed by atoms with van der Waals surface area (Å²) >= 11 is 0. The molecule has 0 aliphatic rings. The maximum absolute atomic E-state index is 12.4. The van der Waals surface area contributed by atoms with Crippen LogP contribution in [0.3, 0.4) is 0 Å². The normalized spacial score (nSPS) is 12.5. The highest BCUT2D eigenvalue weighted by molar-refractivity contribution is 7.46. The van der Waals surface area contributed by atoms with Crippen LogP contribution in [0, 0.1) is 0 Å². The number of unbranched alkanes of at least 4 members (excludes halogenated alkanes) is 35. The Labute approximate surface area is 329 Å². The lowest BCUT2D eigenvalue weighted by Crippen LogP contribution is -2.28. The molecule has 2 N–H and O–H groups in total. The highest BCUT2D eigenvalue weighted by atomic mass is 31.2. The van der Waals surface area contributed by atoms with E-state index in [1.165, 1.54) is 205 Å². The number of ether oxygens (including phenoxy) is 2. The Kier molecular flexibility index (Phi) is 42.3. The SMILES string of the molecule is CCCCCCCCCCCCCCCCCCCCCCCCCC(=O)O[C@H](COCCCCCCCCCCCCCCCC)COP(=O)(O)O. The molecule has 318 valence electrons. The summed E-state index contributed by atoms with van der Waals surface area (Å²) in [6.45, 7) is 4.82. The first kappa shape index (κ1) is 52.5. The predicted molar refractivity (Wildman–Crippen MR) is 225 cm³/mol. The second-order valence-corrected chi connectivity index (χ2v) is 17.3. The van der Waals surface area contributed by atoms with Crippen LogP contribution in [-0.4, -0.2) is 41.7 Å². The van der Waals surface area contributed by atoms with Gasteiger partial charge in [-0.05, 0) is 12.8 Å². The Bertz CT molecular complexity index is 774. The van der Waals surface area contributed by atoms with Gasteiger partial charge in [0.05, 0.1) is 13.2 Å². The van der Waals surface area contributed by atoms with E-state index in [4.69, 9.17) is 19.3 Å². The van der Waals surface area contributed by atoms with Crippen LogP contribution in [0.5, 0.6) is 0 Å². The molecule has 0 aliphatic carbocycles. The number of esters is 1. The summed E-state index contributed by atoms with van der Waals surface area (Å²) in [6.07, 6.45) is 48.3. The molecule has 0 aromatic heterocycles. The highest BCUT2D eigenvalue weighted by Gasteiger charge is 2.21. The summed E-state index contributed by atoms with van der Waals surface area (Å²) in [5.74, 6) is -0.354. The fourth-order valence-electron chi connectivity index (χ4n) is 7.21. The van der Waals surface area contributed by atoms with E-state index in [-0.39, 0.29) is 19.2 Å². The molecule has 53 heavy (non-hydrogen) atoms. The van der Waals surface area contributed by atoms with Gasteiger partial charge in [-0.25, -0.2) is 4.57 Å². The standard InChI is InChI=1S/C45H91O7P/c1-3-5-7-9-11-13-15-17-19-20-21-22-23-24-25-26-27-28-30-32-34-36-38-40-45(46)52-44(43-51-53(47,48)49)42-50-41-39-37-35-33-31-29-18-16-14-12-10-8-6-4-2/h44H,3-43H2,1-2H3,(H2,47,48,49)/t44-/m1/s1. The van der Waals surface area contributed by atoms with Crippen LogP contribution >= 0.6 is 7.82 Å². The van der Waals surface area contributed by atoms with E-state index in [0.29, 0.717) is 13.0 Å². The first-order valence-electron chi connectivity index (χ1n) is 23.4. The first-order valence-corrected chi connectivity index (χ1v) is 24.9. The zero-order valence-corrected chi connectivity index (χ0v) is 36.3. The van der Waals surface area contributed by atoms with Gasteiger partial charge in [0.1, 0.15) is 6.10 Å². The Balaban J connectivity index is 3.66. The molecule has 0 aromatic carbocycles. The fraction of sp³-hybridized carbons (Fsp3) is 0.978. The second-order valence-electron chi connectivity index (χ2n) is 16.1. The zero-order valence-electron chi connectivity index (χ0n) is 35.5. The molecule has 0 saturated carbocycles. The first-order chi connectivity index (χ1) is 25.9. The number of phosphoric ester groups is 1.